The Hall–Kier alpha value is -11.1. The van der Waals surface area contributed by atoms with Crippen LogP contribution >= 0.6 is 0 Å². The molecule has 10 nitrogen and oxygen atoms in total. The van der Waals surface area contributed by atoms with Gasteiger partial charge in [-0.1, -0.05) is 224 Å². The molecule has 10 aromatic carbocycles. The van der Waals surface area contributed by atoms with Gasteiger partial charge in [-0.05, 0) is 85.5 Å². The molecule has 3 aromatic heterocycles. The first-order valence-electron chi connectivity index (χ1n) is 27.7. The second kappa shape index (κ2) is 21.5. The van der Waals surface area contributed by atoms with Gasteiger partial charge in [-0.2, -0.15) is 9.97 Å². The molecule has 394 valence electrons. The van der Waals surface area contributed by atoms with Crippen LogP contribution in [0.15, 0.2) is 261 Å². The zero-order valence-corrected chi connectivity index (χ0v) is 45.8. The lowest BCUT2D eigenvalue weighted by molar-refractivity contribution is 1.01. The Kier molecular flexibility index (Phi) is 13.0. The highest BCUT2D eigenvalue weighted by atomic mass is 15.3. The molecule has 0 atom stereocenters. The molecule has 0 N–H and O–H groups in total. The first-order valence-corrected chi connectivity index (χ1v) is 27.7. The van der Waals surface area contributed by atoms with Crippen LogP contribution in [0, 0.1) is 20.8 Å². The molecule has 4 heterocycles. The van der Waals surface area contributed by atoms with Crippen LogP contribution in [-0.2, 0) is 0 Å². The number of fused-ring (bicyclic) bond motifs is 2. The molecule has 10 heteroatoms. The molecule has 13 aromatic rings. The number of rotatable bonds is 11. The second-order valence-electron chi connectivity index (χ2n) is 20.6. The lowest BCUT2D eigenvalue weighted by Crippen LogP contribution is -2.26. The summed E-state index contributed by atoms with van der Waals surface area (Å²) in [4.78, 5) is 47.5. The number of aromatic nitrogens is 8. The molecular formula is C73H52N10. The van der Waals surface area contributed by atoms with E-state index >= 15 is 0 Å². The fraction of sp³-hybridized carbons (Fsp3) is 0.0411. The monoisotopic (exact) mass is 1070 g/mol. The summed E-state index contributed by atoms with van der Waals surface area (Å²) in [6.45, 7) is 6.53. The lowest BCUT2D eigenvalue weighted by Gasteiger charge is -2.40. The van der Waals surface area contributed by atoms with E-state index in [1.54, 1.807) is 0 Å². The number of benzene rings is 10. The highest BCUT2D eigenvalue weighted by Crippen LogP contribution is 2.56. The van der Waals surface area contributed by atoms with Gasteiger partial charge in [0.1, 0.15) is 0 Å². The van der Waals surface area contributed by atoms with E-state index in [0.29, 0.717) is 40.9 Å². The first kappa shape index (κ1) is 50.1. The van der Waals surface area contributed by atoms with Crippen LogP contribution < -0.4 is 9.80 Å². The van der Waals surface area contributed by atoms with Crippen molar-refractivity contribution in [3.05, 3.63) is 278 Å². The zero-order valence-electron chi connectivity index (χ0n) is 45.8. The molecule has 0 fully saturated rings. The van der Waals surface area contributed by atoms with Crippen molar-refractivity contribution in [3.8, 4) is 102 Å². The summed E-state index contributed by atoms with van der Waals surface area (Å²) in [5, 5.41) is 0. The van der Waals surface area contributed by atoms with Gasteiger partial charge in [-0.15, -0.1) is 0 Å². The lowest BCUT2D eigenvalue weighted by atomic mass is 9.88. The summed E-state index contributed by atoms with van der Waals surface area (Å²) in [6, 6.07) is 89.1. The van der Waals surface area contributed by atoms with Gasteiger partial charge < -0.3 is 4.90 Å². The van der Waals surface area contributed by atoms with E-state index in [1.807, 2.05) is 158 Å². The highest BCUT2D eigenvalue weighted by Gasteiger charge is 2.35. The van der Waals surface area contributed by atoms with Crippen LogP contribution in [0.3, 0.4) is 0 Å². The van der Waals surface area contributed by atoms with Crippen molar-refractivity contribution in [2.24, 2.45) is 0 Å². The second-order valence-corrected chi connectivity index (χ2v) is 20.6. The van der Waals surface area contributed by atoms with Gasteiger partial charge in [0.2, 0.25) is 5.95 Å². The van der Waals surface area contributed by atoms with E-state index in [-0.39, 0.29) is 0 Å². The molecule has 0 saturated carbocycles. The number of nitrogens with zero attached hydrogens (tertiary/aromatic N) is 10. The Bertz CT molecular complexity index is 4280. The van der Waals surface area contributed by atoms with E-state index in [2.05, 4.69) is 134 Å². The Labute approximate surface area is 481 Å². The highest BCUT2D eigenvalue weighted by molar-refractivity contribution is 6.05. The van der Waals surface area contributed by atoms with E-state index in [1.165, 1.54) is 5.56 Å². The Morgan fingerprint density at radius 2 is 0.566 bits per heavy atom. The fourth-order valence-electron chi connectivity index (χ4n) is 11.3. The normalized spacial score (nSPS) is 11.7. The van der Waals surface area contributed by atoms with E-state index < -0.39 is 0 Å². The molecule has 0 saturated heterocycles. The van der Waals surface area contributed by atoms with Gasteiger partial charge in [0, 0.05) is 44.5 Å². The SMILES string of the molecule is Cc1cc(C)c(-c2cc(N3c4ccccc4N(c4nc(-c5ccccc5)nc(-c5ccccc5)n4)c4ccccc43)c(-c3nc(-c4ccccc4)cc(-c4ccccc4)n3)cc2-c2nc(-c3ccccc3)nc(-c3ccccc3)n2)c(C)c1. The third kappa shape index (κ3) is 9.64. The minimum atomic E-state index is 0.476. The molecule has 0 radical (unpaired) electrons. The standard InChI is InChI=1S/C73H52N10/c1-47-42-48(2)66(49(3)43-47)56-45-65(82-61-38-22-24-40-63(61)83(64-41-25-23-39-62(64)82)73-80-69(54-34-18-8-19-35-54)77-70(81-73)55-36-20-9-21-37-55)58(72-74-59(50-26-10-4-11-27-50)46-60(75-72)51-28-12-5-13-29-51)44-57(56)71-78-67(52-30-14-6-15-31-52)76-68(79-71)53-32-16-7-17-33-53/h4-46H,1-3H3. The van der Waals surface area contributed by atoms with Crippen LogP contribution in [-0.4, -0.2) is 39.9 Å². The fourth-order valence-corrected chi connectivity index (χ4v) is 11.3. The Morgan fingerprint density at radius 3 is 0.964 bits per heavy atom. The van der Waals surface area contributed by atoms with Gasteiger partial charge in [-0.3, -0.25) is 4.90 Å². The third-order valence-corrected chi connectivity index (χ3v) is 15.0. The molecule has 1 aliphatic heterocycles. The summed E-state index contributed by atoms with van der Waals surface area (Å²) in [5.41, 5.74) is 18.2. The van der Waals surface area contributed by atoms with Crippen molar-refractivity contribution in [1.82, 2.24) is 39.9 Å². The number of aryl methyl sites for hydroxylation is 3. The molecule has 0 spiro atoms. The number of hydrogen-bond acceptors (Lipinski definition) is 10. The van der Waals surface area contributed by atoms with Crippen LogP contribution in [0.5, 0.6) is 0 Å². The first-order chi connectivity index (χ1) is 40.9. The average molecular weight is 1070 g/mol. The van der Waals surface area contributed by atoms with E-state index in [0.717, 1.165) is 107 Å². The van der Waals surface area contributed by atoms with Crippen molar-refractivity contribution >= 4 is 34.4 Å². The van der Waals surface area contributed by atoms with Crippen LogP contribution in [0.1, 0.15) is 16.7 Å². The Balaban J connectivity index is 1.09. The maximum absolute atomic E-state index is 5.59. The Morgan fingerprint density at radius 1 is 0.241 bits per heavy atom. The minimum Gasteiger partial charge on any atom is -0.306 e. The predicted octanol–water partition coefficient (Wildman–Crippen LogP) is 18.0. The molecule has 1 aliphatic rings. The van der Waals surface area contributed by atoms with Crippen LogP contribution in [0.4, 0.5) is 34.4 Å². The maximum Gasteiger partial charge on any atom is 0.238 e. The van der Waals surface area contributed by atoms with Gasteiger partial charge in [-0.25, -0.2) is 29.9 Å². The molecule has 0 aliphatic carbocycles. The van der Waals surface area contributed by atoms with Crippen LogP contribution in [0.25, 0.3) is 102 Å². The summed E-state index contributed by atoms with van der Waals surface area (Å²) < 4.78 is 0. The number of para-hydroxylation sites is 4. The quantitative estimate of drug-likeness (QED) is 0.124. The molecular weight excluding hydrogens is 1020 g/mol. The van der Waals surface area contributed by atoms with E-state index in [9.17, 15) is 0 Å². The third-order valence-electron chi connectivity index (χ3n) is 15.0. The smallest absolute Gasteiger partial charge is 0.238 e. The topological polar surface area (TPSA) is 110 Å². The average Bonchev–Trinajstić information content (AvgIpc) is 2.40. The molecule has 0 bridgehead atoms. The van der Waals surface area contributed by atoms with Gasteiger partial charge in [0.05, 0.1) is 39.8 Å². The molecule has 0 amide bonds. The zero-order chi connectivity index (χ0) is 55.8. The number of hydrogen-bond donors (Lipinski definition) is 0. The molecule has 83 heavy (non-hydrogen) atoms. The van der Waals surface area contributed by atoms with Crippen molar-refractivity contribution in [3.63, 3.8) is 0 Å². The van der Waals surface area contributed by atoms with Crippen LogP contribution in [0.2, 0.25) is 0 Å². The molecule has 0 unspecified atom stereocenters. The number of anilines is 6. The largest absolute Gasteiger partial charge is 0.306 e. The van der Waals surface area contributed by atoms with Crippen molar-refractivity contribution in [2.75, 3.05) is 9.80 Å². The van der Waals surface area contributed by atoms with Gasteiger partial charge >= 0.3 is 0 Å². The minimum absolute atomic E-state index is 0.476. The van der Waals surface area contributed by atoms with Gasteiger partial charge in [0.15, 0.2) is 34.9 Å². The summed E-state index contributed by atoms with van der Waals surface area (Å²) in [6.07, 6.45) is 0. The van der Waals surface area contributed by atoms with E-state index in [4.69, 9.17) is 39.9 Å². The van der Waals surface area contributed by atoms with Gasteiger partial charge in [0.25, 0.3) is 0 Å². The van der Waals surface area contributed by atoms with Crippen molar-refractivity contribution in [2.45, 2.75) is 20.8 Å². The maximum atomic E-state index is 5.59. The summed E-state index contributed by atoms with van der Waals surface area (Å²) >= 11 is 0. The molecule has 14 rings (SSSR count). The summed E-state index contributed by atoms with van der Waals surface area (Å²) in [5.74, 6) is 3.73. The van der Waals surface area contributed by atoms with Crippen molar-refractivity contribution < 1.29 is 0 Å². The van der Waals surface area contributed by atoms with Crippen molar-refractivity contribution in [1.29, 1.82) is 0 Å². The summed E-state index contributed by atoms with van der Waals surface area (Å²) in [7, 11) is 0. The predicted molar refractivity (Wildman–Crippen MR) is 335 cm³/mol.